The highest BCUT2D eigenvalue weighted by Crippen LogP contribution is 2.25. The largest absolute Gasteiger partial charge is 0.383 e. The molecule has 0 atom stereocenters. The molecule has 1 aromatic heterocycles. The van der Waals surface area contributed by atoms with Crippen molar-refractivity contribution in [2.24, 2.45) is 0 Å². The van der Waals surface area contributed by atoms with Crippen LogP contribution in [0.1, 0.15) is 28.0 Å². The smallest absolute Gasteiger partial charge is 0.267 e. The highest BCUT2D eigenvalue weighted by molar-refractivity contribution is 6.17. The molecule has 0 unspecified atom stereocenters. The number of hydrogen-bond donors (Lipinski definition) is 1. The molecular weight excluding hydrogens is 214 g/mol. The number of carbonyl (C=O) groups excluding carboxylic acids is 1. The number of rotatable bonds is 3. The summed E-state index contributed by atoms with van der Waals surface area (Å²) >= 11 is 5.46. The van der Waals surface area contributed by atoms with E-state index in [1.165, 1.54) is 0 Å². The second-order valence-corrected chi connectivity index (χ2v) is 2.83. The molecule has 0 radical (unpaired) electrons. The van der Waals surface area contributed by atoms with Crippen molar-refractivity contribution in [3.63, 3.8) is 0 Å². The Bertz CT molecular complexity index is 357. The Kier molecular flexibility index (Phi) is 3.35. The number of hydrogen-bond acceptors (Lipinski definition) is 3. The van der Waals surface area contributed by atoms with Crippen molar-refractivity contribution in [1.29, 1.82) is 0 Å². The van der Waals surface area contributed by atoms with Crippen molar-refractivity contribution in [3.8, 4) is 0 Å². The average Bonchev–Trinajstić information content (AvgIpc) is 2.16. The summed E-state index contributed by atoms with van der Waals surface area (Å²) in [6, 6.07) is 1.10. The van der Waals surface area contributed by atoms with Gasteiger partial charge in [0.15, 0.2) is 6.29 Å². The van der Waals surface area contributed by atoms with Gasteiger partial charge < -0.3 is 5.73 Å². The van der Waals surface area contributed by atoms with Crippen molar-refractivity contribution in [3.05, 3.63) is 22.9 Å². The van der Waals surface area contributed by atoms with Gasteiger partial charge >= 0.3 is 0 Å². The van der Waals surface area contributed by atoms with Gasteiger partial charge in [0, 0.05) is 5.88 Å². The highest BCUT2D eigenvalue weighted by atomic mass is 35.5. The van der Waals surface area contributed by atoms with E-state index < -0.39 is 12.0 Å². The Hall–Kier alpha value is -1.23. The van der Waals surface area contributed by atoms with Gasteiger partial charge in [-0.1, -0.05) is 0 Å². The van der Waals surface area contributed by atoms with Gasteiger partial charge in [-0.25, -0.2) is 13.8 Å². The molecule has 1 rings (SSSR count). The molecule has 0 aliphatic heterocycles. The molecule has 0 fully saturated rings. The quantitative estimate of drug-likeness (QED) is 0.627. The third kappa shape index (κ3) is 1.98. The third-order valence-electron chi connectivity index (χ3n) is 1.69. The maximum absolute atomic E-state index is 12.3. The summed E-state index contributed by atoms with van der Waals surface area (Å²) in [5, 5.41) is 0. The summed E-state index contributed by atoms with van der Waals surface area (Å²) in [6.07, 6.45) is -2.28. The Morgan fingerprint density at radius 1 is 1.64 bits per heavy atom. The normalized spacial score (nSPS) is 10.6. The van der Waals surface area contributed by atoms with E-state index in [0.29, 0.717) is 6.29 Å². The molecule has 76 valence electrons. The molecule has 14 heavy (non-hydrogen) atoms. The molecule has 1 heterocycles. The summed E-state index contributed by atoms with van der Waals surface area (Å²) in [4.78, 5) is 14.0. The number of nitrogens with two attached hydrogens (primary N) is 1. The molecule has 0 aliphatic carbocycles. The molecule has 0 saturated heterocycles. The van der Waals surface area contributed by atoms with E-state index in [1.54, 1.807) is 0 Å². The van der Waals surface area contributed by atoms with E-state index >= 15 is 0 Å². The Morgan fingerprint density at radius 3 is 2.71 bits per heavy atom. The van der Waals surface area contributed by atoms with Gasteiger partial charge in [0.2, 0.25) is 0 Å². The fourth-order valence-electron chi connectivity index (χ4n) is 0.986. The second kappa shape index (κ2) is 4.32. The highest BCUT2D eigenvalue weighted by Gasteiger charge is 2.15. The third-order valence-corrected chi connectivity index (χ3v) is 1.97. The second-order valence-electron chi connectivity index (χ2n) is 2.56. The van der Waals surface area contributed by atoms with Crippen LogP contribution in [0.3, 0.4) is 0 Å². The van der Waals surface area contributed by atoms with Crippen molar-refractivity contribution < 1.29 is 13.6 Å². The van der Waals surface area contributed by atoms with Crippen LogP contribution < -0.4 is 5.73 Å². The first-order chi connectivity index (χ1) is 6.60. The average molecular weight is 221 g/mol. The molecule has 0 aliphatic rings. The van der Waals surface area contributed by atoms with Gasteiger partial charge in [-0.2, -0.15) is 0 Å². The molecule has 0 bridgehead atoms. The van der Waals surface area contributed by atoms with Crippen molar-refractivity contribution in [2.45, 2.75) is 12.3 Å². The van der Waals surface area contributed by atoms with Crippen molar-refractivity contribution >= 4 is 23.7 Å². The summed E-state index contributed by atoms with van der Waals surface area (Å²) in [5.41, 5.74) is 5.09. The number of halogens is 3. The lowest BCUT2D eigenvalue weighted by Crippen LogP contribution is -2.04. The van der Waals surface area contributed by atoms with E-state index in [4.69, 9.17) is 17.3 Å². The van der Waals surface area contributed by atoms with Gasteiger partial charge in [-0.3, -0.25) is 4.79 Å². The van der Waals surface area contributed by atoms with Gasteiger partial charge in [0.05, 0.1) is 5.56 Å². The molecular formula is C8H7ClF2N2O. The fourth-order valence-corrected chi connectivity index (χ4v) is 1.20. The summed E-state index contributed by atoms with van der Waals surface area (Å²) in [6.45, 7) is 0. The minimum absolute atomic E-state index is 0.00176. The molecule has 0 spiro atoms. The van der Waals surface area contributed by atoms with Crippen LogP contribution in [0.15, 0.2) is 6.07 Å². The SMILES string of the molecule is Nc1nc(C=O)c(CCl)cc1C(F)F. The van der Waals surface area contributed by atoms with Gasteiger partial charge in [-0.05, 0) is 11.6 Å². The van der Waals surface area contributed by atoms with Crippen LogP contribution in [-0.2, 0) is 5.88 Å². The minimum atomic E-state index is -2.72. The van der Waals surface area contributed by atoms with E-state index in [9.17, 15) is 13.6 Å². The summed E-state index contributed by atoms with van der Waals surface area (Å²) in [5.74, 6) is -0.392. The van der Waals surface area contributed by atoms with Gasteiger partial charge in [0.1, 0.15) is 11.5 Å². The number of nitrogen functional groups attached to an aromatic ring is 1. The molecule has 1 aromatic rings. The molecule has 0 aromatic carbocycles. The van der Waals surface area contributed by atoms with Crippen LogP contribution in [-0.4, -0.2) is 11.3 Å². The fraction of sp³-hybridized carbons (Fsp3) is 0.250. The standard InChI is InChI=1S/C8H7ClF2N2O/c9-2-4-1-5(7(10)11)8(12)13-6(4)3-14/h1,3,7H,2H2,(H2,12,13). The van der Waals surface area contributed by atoms with E-state index in [0.717, 1.165) is 6.07 Å². The van der Waals surface area contributed by atoms with Crippen molar-refractivity contribution in [2.75, 3.05) is 5.73 Å². The lowest BCUT2D eigenvalue weighted by molar-refractivity contribution is 0.111. The van der Waals surface area contributed by atoms with Crippen LogP contribution in [0.5, 0.6) is 0 Å². The van der Waals surface area contributed by atoms with Crippen LogP contribution in [0.25, 0.3) is 0 Å². The predicted molar refractivity (Wildman–Crippen MR) is 48.6 cm³/mol. The Balaban J connectivity index is 3.30. The number of carbonyl (C=O) groups is 1. The first-order valence-corrected chi connectivity index (χ1v) is 4.22. The summed E-state index contributed by atoms with van der Waals surface area (Å²) in [7, 11) is 0. The summed E-state index contributed by atoms with van der Waals surface area (Å²) < 4.78 is 24.7. The zero-order valence-electron chi connectivity index (χ0n) is 7.01. The maximum Gasteiger partial charge on any atom is 0.267 e. The number of aromatic nitrogens is 1. The van der Waals surface area contributed by atoms with Crippen LogP contribution in [0, 0.1) is 0 Å². The first-order valence-electron chi connectivity index (χ1n) is 3.68. The Labute approximate surface area is 83.9 Å². The number of alkyl halides is 3. The molecule has 0 saturated carbocycles. The predicted octanol–water partition coefficient (Wildman–Crippen LogP) is 2.15. The lowest BCUT2D eigenvalue weighted by Gasteiger charge is -2.07. The van der Waals surface area contributed by atoms with Gasteiger partial charge in [-0.15, -0.1) is 11.6 Å². The topological polar surface area (TPSA) is 56.0 Å². The van der Waals surface area contributed by atoms with Crippen LogP contribution in [0.2, 0.25) is 0 Å². The number of pyridine rings is 1. The molecule has 3 nitrogen and oxygen atoms in total. The Morgan fingerprint density at radius 2 is 2.29 bits per heavy atom. The van der Waals surface area contributed by atoms with E-state index in [2.05, 4.69) is 4.98 Å². The van der Waals surface area contributed by atoms with E-state index in [-0.39, 0.29) is 23.0 Å². The van der Waals surface area contributed by atoms with E-state index in [1.807, 2.05) is 0 Å². The van der Waals surface area contributed by atoms with Crippen LogP contribution in [0.4, 0.5) is 14.6 Å². The molecule has 0 amide bonds. The zero-order chi connectivity index (χ0) is 10.7. The van der Waals surface area contributed by atoms with Gasteiger partial charge in [0.25, 0.3) is 6.43 Å². The lowest BCUT2D eigenvalue weighted by atomic mass is 10.1. The maximum atomic E-state index is 12.3. The monoisotopic (exact) mass is 220 g/mol. The molecule has 2 N–H and O–H groups in total. The zero-order valence-corrected chi connectivity index (χ0v) is 7.76. The number of nitrogens with zero attached hydrogens (tertiary/aromatic N) is 1. The molecule has 6 heteroatoms. The first kappa shape index (κ1) is 10.8. The van der Waals surface area contributed by atoms with Crippen molar-refractivity contribution in [1.82, 2.24) is 4.98 Å². The number of anilines is 1. The minimum Gasteiger partial charge on any atom is -0.383 e. The van der Waals surface area contributed by atoms with Crippen LogP contribution >= 0.6 is 11.6 Å². The number of aldehydes is 1.